The van der Waals surface area contributed by atoms with Crippen LogP contribution in [0.3, 0.4) is 0 Å². The molecule has 3 rings (SSSR count). The summed E-state index contributed by atoms with van der Waals surface area (Å²) in [4.78, 5) is 0. The lowest BCUT2D eigenvalue weighted by molar-refractivity contribution is 0.276. The third-order valence-corrected chi connectivity index (χ3v) is 3.73. The van der Waals surface area contributed by atoms with Gasteiger partial charge in [0.25, 0.3) is 0 Å². The average Bonchev–Trinajstić information content (AvgIpc) is 3.00. The van der Waals surface area contributed by atoms with Crippen molar-refractivity contribution in [3.05, 3.63) is 53.6 Å². The summed E-state index contributed by atoms with van der Waals surface area (Å²) in [5.74, 6) is 1.77. The Bertz CT molecular complexity index is 610. The first-order valence-corrected chi connectivity index (χ1v) is 7.07. The van der Waals surface area contributed by atoms with E-state index in [1.807, 2.05) is 36.4 Å². The van der Waals surface area contributed by atoms with Crippen molar-refractivity contribution >= 4 is 5.69 Å². The van der Waals surface area contributed by atoms with E-state index in [-0.39, 0.29) is 12.6 Å². The minimum Gasteiger partial charge on any atom is -0.497 e. The number of ether oxygens (including phenoxy) is 2. The second-order valence-corrected chi connectivity index (χ2v) is 5.07. The Hall–Kier alpha value is -2.20. The van der Waals surface area contributed by atoms with Crippen molar-refractivity contribution in [2.45, 2.75) is 12.5 Å². The largest absolute Gasteiger partial charge is 0.497 e. The molecule has 0 aromatic heterocycles. The zero-order valence-corrected chi connectivity index (χ0v) is 12.0. The number of fused-ring (bicyclic) bond motifs is 1. The Kier molecular flexibility index (Phi) is 3.97. The molecule has 0 spiro atoms. The first kappa shape index (κ1) is 13.8. The van der Waals surface area contributed by atoms with Crippen LogP contribution in [-0.2, 0) is 6.42 Å². The highest BCUT2D eigenvalue weighted by Gasteiger charge is 2.16. The Morgan fingerprint density at radius 2 is 2.05 bits per heavy atom. The zero-order chi connectivity index (χ0) is 14.7. The Morgan fingerprint density at radius 1 is 1.24 bits per heavy atom. The summed E-state index contributed by atoms with van der Waals surface area (Å²) in [6.45, 7) is 0.778. The van der Waals surface area contributed by atoms with Gasteiger partial charge >= 0.3 is 0 Å². The van der Waals surface area contributed by atoms with Crippen LogP contribution in [0.4, 0.5) is 5.69 Å². The van der Waals surface area contributed by atoms with E-state index in [2.05, 4.69) is 11.4 Å². The van der Waals surface area contributed by atoms with E-state index < -0.39 is 0 Å². The molecule has 0 amide bonds. The summed E-state index contributed by atoms with van der Waals surface area (Å²) >= 11 is 0. The number of aliphatic hydroxyl groups excluding tert-OH is 1. The van der Waals surface area contributed by atoms with Gasteiger partial charge in [-0.3, -0.25) is 0 Å². The fourth-order valence-electron chi connectivity index (χ4n) is 2.55. The summed E-state index contributed by atoms with van der Waals surface area (Å²) in [5, 5.41) is 13.0. The quantitative estimate of drug-likeness (QED) is 0.887. The van der Waals surface area contributed by atoms with E-state index in [0.29, 0.717) is 0 Å². The number of rotatable bonds is 5. The molecule has 4 heteroatoms. The topological polar surface area (TPSA) is 50.7 Å². The lowest BCUT2D eigenvalue weighted by Crippen LogP contribution is -2.14. The third-order valence-electron chi connectivity index (χ3n) is 3.73. The van der Waals surface area contributed by atoms with Gasteiger partial charge in [-0.2, -0.15) is 0 Å². The van der Waals surface area contributed by atoms with Gasteiger partial charge < -0.3 is 19.9 Å². The first-order valence-electron chi connectivity index (χ1n) is 7.07. The Labute approximate surface area is 124 Å². The van der Waals surface area contributed by atoms with E-state index in [1.54, 1.807) is 7.11 Å². The first-order chi connectivity index (χ1) is 10.3. The maximum absolute atomic E-state index is 9.67. The normalized spacial score (nSPS) is 14.2. The van der Waals surface area contributed by atoms with Gasteiger partial charge in [-0.15, -0.1) is 0 Å². The predicted octanol–water partition coefficient (Wildman–Crippen LogP) is 2.78. The minimum absolute atomic E-state index is 0.0334. The molecule has 21 heavy (non-hydrogen) atoms. The van der Waals surface area contributed by atoms with Gasteiger partial charge in [0.15, 0.2) is 0 Å². The fourth-order valence-corrected chi connectivity index (χ4v) is 2.55. The summed E-state index contributed by atoms with van der Waals surface area (Å²) in [7, 11) is 1.64. The lowest BCUT2D eigenvalue weighted by Gasteiger charge is -2.19. The van der Waals surface area contributed by atoms with Crippen molar-refractivity contribution in [3.63, 3.8) is 0 Å². The standard InChI is InChI=1S/C17H19NO3/c1-20-15-5-3-14(4-6-15)18-16(11-19)12-2-7-17-13(10-12)8-9-21-17/h2-7,10,16,18-19H,8-9,11H2,1H3. The van der Waals surface area contributed by atoms with Gasteiger partial charge in [0.1, 0.15) is 11.5 Å². The van der Waals surface area contributed by atoms with Crippen LogP contribution in [0.2, 0.25) is 0 Å². The van der Waals surface area contributed by atoms with E-state index in [0.717, 1.165) is 35.8 Å². The molecule has 0 fully saturated rings. The van der Waals surface area contributed by atoms with Crippen LogP contribution in [-0.4, -0.2) is 25.4 Å². The van der Waals surface area contributed by atoms with Gasteiger partial charge in [0.05, 0.1) is 26.4 Å². The van der Waals surface area contributed by atoms with Crippen molar-refractivity contribution in [1.82, 2.24) is 0 Å². The van der Waals surface area contributed by atoms with E-state index >= 15 is 0 Å². The second-order valence-electron chi connectivity index (χ2n) is 5.07. The number of hydrogen-bond acceptors (Lipinski definition) is 4. The van der Waals surface area contributed by atoms with Crippen LogP contribution in [0, 0.1) is 0 Å². The number of methoxy groups -OCH3 is 1. The molecule has 0 radical (unpaired) electrons. The molecule has 1 atom stereocenters. The van der Waals surface area contributed by atoms with Crippen LogP contribution in [0.1, 0.15) is 17.2 Å². The van der Waals surface area contributed by atoms with Crippen LogP contribution >= 0.6 is 0 Å². The Balaban J connectivity index is 1.78. The minimum atomic E-state index is -0.135. The highest BCUT2D eigenvalue weighted by Crippen LogP contribution is 2.29. The third kappa shape index (κ3) is 2.95. The highest BCUT2D eigenvalue weighted by atomic mass is 16.5. The van der Waals surface area contributed by atoms with Gasteiger partial charge in [0.2, 0.25) is 0 Å². The molecule has 2 aromatic carbocycles. The monoisotopic (exact) mass is 285 g/mol. The van der Waals surface area contributed by atoms with Crippen molar-refractivity contribution in [2.24, 2.45) is 0 Å². The molecule has 1 aliphatic heterocycles. The summed E-state index contributed by atoms with van der Waals surface area (Å²) in [6, 6.07) is 13.6. The molecule has 0 aliphatic carbocycles. The van der Waals surface area contributed by atoms with Gasteiger partial charge in [-0.1, -0.05) is 6.07 Å². The molecule has 1 aliphatic rings. The smallest absolute Gasteiger partial charge is 0.122 e. The van der Waals surface area contributed by atoms with Crippen molar-refractivity contribution < 1.29 is 14.6 Å². The zero-order valence-electron chi connectivity index (χ0n) is 12.0. The summed E-state index contributed by atoms with van der Waals surface area (Å²) < 4.78 is 10.7. The van der Waals surface area contributed by atoms with Crippen LogP contribution in [0.5, 0.6) is 11.5 Å². The molecule has 1 heterocycles. The van der Waals surface area contributed by atoms with Gasteiger partial charge in [-0.05, 0) is 47.5 Å². The SMILES string of the molecule is COc1ccc(NC(CO)c2ccc3c(c2)CCO3)cc1. The highest BCUT2D eigenvalue weighted by molar-refractivity contribution is 5.49. The summed E-state index contributed by atoms with van der Waals surface area (Å²) in [5.41, 5.74) is 3.23. The van der Waals surface area contributed by atoms with Gasteiger partial charge in [-0.25, -0.2) is 0 Å². The Morgan fingerprint density at radius 3 is 2.76 bits per heavy atom. The van der Waals surface area contributed by atoms with E-state index in [9.17, 15) is 5.11 Å². The maximum atomic E-state index is 9.67. The predicted molar refractivity (Wildman–Crippen MR) is 82.1 cm³/mol. The lowest BCUT2D eigenvalue weighted by atomic mass is 10.0. The van der Waals surface area contributed by atoms with Crippen LogP contribution in [0.15, 0.2) is 42.5 Å². The van der Waals surface area contributed by atoms with Crippen LogP contribution < -0.4 is 14.8 Å². The number of aliphatic hydroxyl groups is 1. The average molecular weight is 285 g/mol. The summed E-state index contributed by atoms with van der Waals surface area (Å²) in [6.07, 6.45) is 0.934. The van der Waals surface area contributed by atoms with Crippen molar-refractivity contribution in [1.29, 1.82) is 0 Å². The number of anilines is 1. The molecule has 4 nitrogen and oxygen atoms in total. The second kappa shape index (κ2) is 6.06. The fraction of sp³-hybridized carbons (Fsp3) is 0.294. The van der Waals surface area contributed by atoms with Crippen molar-refractivity contribution in [2.75, 3.05) is 25.6 Å². The molecule has 0 saturated heterocycles. The van der Waals surface area contributed by atoms with Crippen molar-refractivity contribution in [3.8, 4) is 11.5 Å². The van der Waals surface area contributed by atoms with E-state index in [1.165, 1.54) is 5.56 Å². The molecule has 2 N–H and O–H groups in total. The molecule has 2 aromatic rings. The van der Waals surface area contributed by atoms with Gasteiger partial charge in [0, 0.05) is 12.1 Å². The molecule has 0 saturated carbocycles. The van der Waals surface area contributed by atoms with Crippen LogP contribution in [0.25, 0.3) is 0 Å². The molecular weight excluding hydrogens is 266 g/mol. The molecule has 1 unspecified atom stereocenters. The number of nitrogens with one attached hydrogen (secondary N) is 1. The number of benzene rings is 2. The van der Waals surface area contributed by atoms with E-state index in [4.69, 9.17) is 9.47 Å². The molecule has 0 bridgehead atoms. The molecular formula is C17H19NO3. The molecule has 110 valence electrons. The number of hydrogen-bond donors (Lipinski definition) is 2. The maximum Gasteiger partial charge on any atom is 0.122 e.